The lowest BCUT2D eigenvalue weighted by molar-refractivity contribution is -0.123. The maximum Gasteiger partial charge on any atom is 0.230 e. The smallest absolute Gasteiger partial charge is 0.230 e. The molecule has 1 aromatic carbocycles. The Morgan fingerprint density at radius 1 is 1.32 bits per heavy atom. The largest absolute Gasteiger partial charge is 0.355 e. The van der Waals surface area contributed by atoms with E-state index in [4.69, 9.17) is 11.6 Å². The van der Waals surface area contributed by atoms with Crippen LogP contribution in [-0.2, 0) is 10.2 Å². The van der Waals surface area contributed by atoms with Crippen molar-refractivity contribution >= 4 is 17.5 Å². The van der Waals surface area contributed by atoms with Gasteiger partial charge in [-0.25, -0.2) is 0 Å². The molecule has 0 saturated heterocycles. The first-order valence-electron chi connectivity index (χ1n) is 7.23. The van der Waals surface area contributed by atoms with Gasteiger partial charge in [-0.1, -0.05) is 49.9 Å². The normalized spacial score (nSPS) is 16.1. The summed E-state index contributed by atoms with van der Waals surface area (Å²) in [5.41, 5.74) is 0.765. The lowest BCUT2D eigenvalue weighted by Gasteiger charge is -2.16. The molecule has 3 heteroatoms. The van der Waals surface area contributed by atoms with Gasteiger partial charge in [0.05, 0.1) is 5.41 Å². The summed E-state index contributed by atoms with van der Waals surface area (Å²) in [4.78, 5) is 12.3. The zero-order chi connectivity index (χ0) is 13.7. The lowest BCUT2D eigenvalue weighted by Crippen LogP contribution is -2.35. The molecular formula is C16H22ClNO. The highest BCUT2D eigenvalue weighted by Gasteiger charge is 2.51. The Bertz CT molecular complexity index is 440. The van der Waals surface area contributed by atoms with E-state index in [1.54, 1.807) is 0 Å². The third-order valence-corrected chi connectivity index (χ3v) is 4.11. The molecule has 0 aromatic heterocycles. The first-order chi connectivity index (χ1) is 9.19. The van der Waals surface area contributed by atoms with Crippen molar-refractivity contribution in [3.63, 3.8) is 0 Å². The monoisotopic (exact) mass is 279 g/mol. The van der Waals surface area contributed by atoms with Gasteiger partial charge in [0.25, 0.3) is 0 Å². The van der Waals surface area contributed by atoms with Gasteiger partial charge in [0.1, 0.15) is 0 Å². The number of hydrogen-bond acceptors (Lipinski definition) is 1. The molecule has 1 saturated carbocycles. The summed E-state index contributed by atoms with van der Waals surface area (Å²) in [6.07, 6.45) is 6.62. The van der Waals surface area contributed by atoms with Gasteiger partial charge >= 0.3 is 0 Å². The molecule has 0 atom stereocenters. The predicted molar refractivity (Wildman–Crippen MR) is 79.5 cm³/mol. The maximum atomic E-state index is 12.3. The second kappa shape index (κ2) is 6.42. The Balaban J connectivity index is 1.88. The van der Waals surface area contributed by atoms with Crippen molar-refractivity contribution in [3.05, 3.63) is 34.9 Å². The highest BCUT2D eigenvalue weighted by Crippen LogP contribution is 2.48. The fourth-order valence-electron chi connectivity index (χ4n) is 2.48. The van der Waals surface area contributed by atoms with Gasteiger partial charge in [-0.15, -0.1) is 0 Å². The van der Waals surface area contributed by atoms with Crippen molar-refractivity contribution < 1.29 is 4.79 Å². The minimum absolute atomic E-state index is 0.172. The van der Waals surface area contributed by atoms with Gasteiger partial charge in [0.2, 0.25) is 5.91 Å². The molecule has 1 amide bonds. The molecule has 2 rings (SSSR count). The number of amides is 1. The van der Waals surface area contributed by atoms with Crippen LogP contribution in [0.25, 0.3) is 0 Å². The first kappa shape index (κ1) is 14.4. The molecule has 2 nitrogen and oxygen atoms in total. The van der Waals surface area contributed by atoms with Crippen molar-refractivity contribution in [2.45, 2.75) is 50.9 Å². The first-order valence-corrected chi connectivity index (χ1v) is 7.61. The number of hydrogen-bond donors (Lipinski definition) is 1. The Morgan fingerprint density at radius 3 is 2.74 bits per heavy atom. The van der Waals surface area contributed by atoms with Gasteiger partial charge in [-0.2, -0.15) is 0 Å². The zero-order valence-electron chi connectivity index (χ0n) is 11.5. The second-order valence-electron chi connectivity index (χ2n) is 5.41. The molecule has 19 heavy (non-hydrogen) atoms. The Labute approximate surface area is 120 Å². The van der Waals surface area contributed by atoms with E-state index >= 15 is 0 Å². The van der Waals surface area contributed by atoms with Crippen LogP contribution in [-0.4, -0.2) is 12.5 Å². The molecule has 1 aliphatic rings. The summed E-state index contributed by atoms with van der Waals surface area (Å²) < 4.78 is 0. The molecule has 0 heterocycles. The molecular weight excluding hydrogens is 258 g/mol. The number of benzene rings is 1. The van der Waals surface area contributed by atoms with Crippen LogP contribution in [0.2, 0.25) is 5.02 Å². The SMILES string of the molecule is CCCCCCNC(=O)C1(c2cccc(Cl)c2)CC1. The summed E-state index contributed by atoms with van der Waals surface area (Å²) >= 11 is 6.01. The van der Waals surface area contributed by atoms with Crippen LogP contribution in [0.15, 0.2) is 24.3 Å². The van der Waals surface area contributed by atoms with E-state index in [2.05, 4.69) is 12.2 Å². The summed E-state index contributed by atoms with van der Waals surface area (Å²) in [7, 11) is 0. The zero-order valence-corrected chi connectivity index (χ0v) is 12.3. The van der Waals surface area contributed by atoms with Crippen molar-refractivity contribution in [2.75, 3.05) is 6.54 Å². The van der Waals surface area contributed by atoms with Crippen LogP contribution in [0.1, 0.15) is 51.0 Å². The number of unbranched alkanes of at least 4 members (excludes halogenated alkanes) is 3. The highest BCUT2D eigenvalue weighted by molar-refractivity contribution is 6.30. The topological polar surface area (TPSA) is 29.1 Å². The molecule has 0 spiro atoms. The molecule has 1 N–H and O–H groups in total. The van der Waals surface area contributed by atoms with Crippen LogP contribution in [0.4, 0.5) is 0 Å². The Kier molecular flexibility index (Phi) is 4.87. The Morgan fingerprint density at radius 2 is 2.11 bits per heavy atom. The molecule has 0 aliphatic heterocycles. The van der Waals surface area contributed by atoms with E-state index in [9.17, 15) is 4.79 Å². The lowest BCUT2D eigenvalue weighted by atomic mass is 9.95. The number of carbonyl (C=O) groups excluding carboxylic acids is 1. The van der Waals surface area contributed by atoms with E-state index in [0.717, 1.165) is 31.4 Å². The molecule has 1 aliphatic carbocycles. The fraction of sp³-hybridized carbons (Fsp3) is 0.562. The van der Waals surface area contributed by atoms with Crippen LogP contribution in [0.3, 0.4) is 0 Å². The summed E-state index contributed by atoms with van der Waals surface area (Å²) in [5.74, 6) is 0.172. The molecule has 0 bridgehead atoms. The summed E-state index contributed by atoms with van der Waals surface area (Å²) in [6.45, 7) is 2.98. The molecule has 0 radical (unpaired) electrons. The summed E-state index contributed by atoms with van der Waals surface area (Å²) in [5, 5.41) is 3.79. The molecule has 104 valence electrons. The number of nitrogens with one attached hydrogen (secondary N) is 1. The van der Waals surface area contributed by atoms with Gasteiger partial charge in [0.15, 0.2) is 0 Å². The van der Waals surface area contributed by atoms with Crippen molar-refractivity contribution in [1.29, 1.82) is 0 Å². The van der Waals surface area contributed by atoms with E-state index in [0.29, 0.717) is 5.02 Å². The minimum atomic E-state index is -0.296. The number of carbonyl (C=O) groups is 1. The van der Waals surface area contributed by atoms with Gasteiger partial charge in [0, 0.05) is 11.6 Å². The van der Waals surface area contributed by atoms with Crippen molar-refractivity contribution in [2.24, 2.45) is 0 Å². The molecule has 1 aromatic rings. The standard InChI is InChI=1S/C16H22ClNO/c1-2-3-4-5-11-18-15(19)16(9-10-16)13-7-6-8-14(17)12-13/h6-8,12H,2-5,9-11H2,1H3,(H,18,19). The Hall–Kier alpha value is -1.02. The number of rotatable bonds is 7. The van der Waals surface area contributed by atoms with Gasteiger partial charge < -0.3 is 5.32 Å². The van der Waals surface area contributed by atoms with Crippen LogP contribution in [0, 0.1) is 0 Å². The van der Waals surface area contributed by atoms with Crippen molar-refractivity contribution in [1.82, 2.24) is 5.32 Å². The third-order valence-electron chi connectivity index (χ3n) is 3.88. The molecule has 0 unspecified atom stereocenters. The average Bonchev–Trinajstić information content (AvgIpc) is 3.20. The fourth-order valence-corrected chi connectivity index (χ4v) is 2.67. The van der Waals surface area contributed by atoms with E-state index in [-0.39, 0.29) is 11.3 Å². The second-order valence-corrected chi connectivity index (χ2v) is 5.85. The third kappa shape index (κ3) is 3.50. The van der Waals surface area contributed by atoms with Crippen LogP contribution < -0.4 is 5.32 Å². The summed E-state index contributed by atoms with van der Waals surface area (Å²) in [6, 6.07) is 7.71. The number of halogens is 1. The predicted octanol–water partition coefficient (Wildman–Crippen LogP) is 4.07. The van der Waals surface area contributed by atoms with Crippen LogP contribution >= 0.6 is 11.6 Å². The van der Waals surface area contributed by atoms with Crippen molar-refractivity contribution in [3.8, 4) is 0 Å². The maximum absolute atomic E-state index is 12.3. The van der Waals surface area contributed by atoms with Gasteiger partial charge in [-0.05, 0) is 37.0 Å². The quantitative estimate of drug-likeness (QED) is 0.749. The minimum Gasteiger partial charge on any atom is -0.355 e. The van der Waals surface area contributed by atoms with E-state index in [1.165, 1.54) is 19.3 Å². The van der Waals surface area contributed by atoms with E-state index in [1.807, 2.05) is 24.3 Å². The van der Waals surface area contributed by atoms with E-state index < -0.39 is 0 Å². The molecule has 1 fully saturated rings. The van der Waals surface area contributed by atoms with Crippen LogP contribution in [0.5, 0.6) is 0 Å². The average molecular weight is 280 g/mol. The highest BCUT2D eigenvalue weighted by atomic mass is 35.5. The van der Waals surface area contributed by atoms with Gasteiger partial charge in [-0.3, -0.25) is 4.79 Å².